The molecule has 1 aromatic carbocycles. The maximum Gasteiger partial charge on any atom is 0.260 e. The lowest BCUT2D eigenvalue weighted by Gasteiger charge is -2.34. The summed E-state index contributed by atoms with van der Waals surface area (Å²) in [7, 11) is 0. The number of thioether (sulfide) groups is 1. The summed E-state index contributed by atoms with van der Waals surface area (Å²) in [5.41, 5.74) is 1.16. The number of aryl methyl sites for hydroxylation is 1. The molecule has 2 aromatic rings. The molecule has 0 unspecified atom stereocenters. The van der Waals surface area contributed by atoms with Gasteiger partial charge in [0.15, 0.2) is 10.9 Å². The van der Waals surface area contributed by atoms with E-state index in [4.69, 9.17) is 4.74 Å². The lowest BCUT2D eigenvalue weighted by molar-refractivity contribution is -0.133. The molecular weight excluding hydrogens is 446 g/mol. The fourth-order valence-electron chi connectivity index (χ4n) is 3.87. The molecular formula is C22H29N5O3S2. The Hall–Kier alpha value is -2.33. The van der Waals surface area contributed by atoms with Crippen LogP contribution in [0.15, 0.2) is 28.6 Å². The topological polar surface area (TPSA) is 87.7 Å². The summed E-state index contributed by atoms with van der Waals surface area (Å²) in [6.45, 7) is 4.73. The molecule has 1 aliphatic heterocycles. The van der Waals surface area contributed by atoms with Crippen molar-refractivity contribution in [3.8, 4) is 5.75 Å². The maximum atomic E-state index is 12.5. The second-order valence-corrected chi connectivity index (χ2v) is 10.3. The number of rotatable bonds is 8. The van der Waals surface area contributed by atoms with E-state index in [0.717, 1.165) is 27.9 Å². The summed E-state index contributed by atoms with van der Waals surface area (Å²) < 4.78 is 6.42. The molecule has 0 bridgehead atoms. The molecule has 32 heavy (non-hydrogen) atoms. The average Bonchev–Trinajstić information content (AvgIpc) is 3.49. The van der Waals surface area contributed by atoms with Gasteiger partial charge in [0.1, 0.15) is 5.75 Å². The van der Waals surface area contributed by atoms with Gasteiger partial charge in [-0.25, -0.2) is 0 Å². The van der Waals surface area contributed by atoms with Crippen molar-refractivity contribution in [1.82, 2.24) is 20.4 Å². The van der Waals surface area contributed by atoms with Crippen LogP contribution in [0, 0.1) is 6.92 Å². The first kappa shape index (κ1) is 22.8. The zero-order chi connectivity index (χ0) is 22.3. The van der Waals surface area contributed by atoms with E-state index in [1.807, 2.05) is 36.1 Å². The lowest BCUT2D eigenvalue weighted by atomic mass is 10.2. The molecule has 1 saturated carbocycles. The fraction of sp³-hybridized carbons (Fsp3) is 0.545. The fourth-order valence-corrected chi connectivity index (χ4v) is 5.58. The third-order valence-electron chi connectivity index (χ3n) is 5.73. The molecule has 4 rings (SSSR count). The van der Waals surface area contributed by atoms with Crippen LogP contribution in [-0.4, -0.2) is 71.5 Å². The Morgan fingerprint density at radius 3 is 2.56 bits per heavy atom. The standard InChI is InChI=1S/C22H29N5O3S2/c1-16-6-8-18(9-7-16)30-14-20(29)26-10-12-27(13-11-26)21-24-25-22(32-21)31-15-19(28)23-17-4-2-3-5-17/h6-9,17H,2-5,10-15H2,1H3,(H,23,28). The van der Waals surface area contributed by atoms with E-state index in [2.05, 4.69) is 20.4 Å². The van der Waals surface area contributed by atoms with Crippen molar-refractivity contribution in [1.29, 1.82) is 0 Å². The zero-order valence-corrected chi connectivity index (χ0v) is 19.9. The lowest BCUT2D eigenvalue weighted by Crippen LogP contribution is -2.50. The molecule has 1 aliphatic carbocycles. The molecule has 0 radical (unpaired) electrons. The van der Waals surface area contributed by atoms with Crippen molar-refractivity contribution < 1.29 is 14.3 Å². The van der Waals surface area contributed by atoms with Crippen molar-refractivity contribution >= 4 is 40.0 Å². The van der Waals surface area contributed by atoms with Gasteiger partial charge in [-0.1, -0.05) is 53.6 Å². The Kier molecular flexibility index (Phi) is 7.85. The molecule has 0 atom stereocenters. The predicted octanol–water partition coefficient (Wildman–Crippen LogP) is 2.73. The number of ether oxygens (including phenoxy) is 1. The first-order chi connectivity index (χ1) is 15.6. The molecule has 2 amide bonds. The normalized spacial score (nSPS) is 16.9. The van der Waals surface area contributed by atoms with Crippen LogP contribution in [0.5, 0.6) is 5.75 Å². The van der Waals surface area contributed by atoms with E-state index in [1.54, 1.807) is 0 Å². The van der Waals surface area contributed by atoms with Gasteiger partial charge < -0.3 is 19.9 Å². The summed E-state index contributed by atoms with van der Waals surface area (Å²) >= 11 is 2.93. The molecule has 0 spiro atoms. The number of aromatic nitrogens is 2. The Balaban J connectivity index is 1.18. The zero-order valence-electron chi connectivity index (χ0n) is 18.3. The Morgan fingerprint density at radius 2 is 1.84 bits per heavy atom. The summed E-state index contributed by atoms with van der Waals surface area (Å²) in [6.07, 6.45) is 4.59. The molecule has 8 nitrogen and oxygen atoms in total. The minimum Gasteiger partial charge on any atom is -0.484 e. The third kappa shape index (κ3) is 6.35. The molecule has 2 aliphatic rings. The molecule has 1 N–H and O–H groups in total. The highest BCUT2D eigenvalue weighted by molar-refractivity contribution is 8.01. The van der Waals surface area contributed by atoms with Gasteiger partial charge in [0.25, 0.3) is 5.91 Å². The number of nitrogens with one attached hydrogen (secondary N) is 1. The Morgan fingerprint density at radius 1 is 1.12 bits per heavy atom. The first-order valence-corrected chi connectivity index (χ1v) is 12.8. The van der Waals surface area contributed by atoms with Crippen molar-refractivity contribution in [3.05, 3.63) is 29.8 Å². The molecule has 1 saturated heterocycles. The van der Waals surface area contributed by atoms with Crippen LogP contribution in [0.4, 0.5) is 5.13 Å². The monoisotopic (exact) mass is 475 g/mol. The van der Waals surface area contributed by atoms with Gasteiger partial charge in [0.05, 0.1) is 5.75 Å². The van der Waals surface area contributed by atoms with E-state index in [0.29, 0.717) is 43.7 Å². The summed E-state index contributed by atoms with van der Waals surface area (Å²) in [5.74, 6) is 1.14. The molecule has 1 aromatic heterocycles. The summed E-state index contributed by atoms with van der Waals surface area (Å²) in [5, 5.41) is 12.5. The summed E-state index contributed by atoms with van der Waals surface area (Å²) in [6, 6.07) is 8.03. The van der Waals surface area contributed by atoms with Gasteiger partial charge in [-0.3, -0.25) is 9.59 Å². The molecule has 172 valence electrons. The van der Waals surface area contributed by atoms with E-state index in [-0.39, 0.29) is 18.4 Å². The second-order valence-electron chi connectivity index (χ2n) is 8.16. The highest BCUT2D eigenvalue weighted by atomic mass is 32.2. The van der Waals surface area contributed by atoms with Crippen molar-refractivity contribution in [2.24, 2.45) is 0 Å². The van der Waals surface area contributed by atoms with Crippen LogP contribution >= 0.6 is 23.1 Å². The molecule has 2 heterocycles. The van der Waals surface area contributed by atoms with Crippen molar-refractivity contribution in [3.63, 3.8) is 0 Å². The van der Waals surface area contributed by atoms with Gasteiger partial charge in [-0.15, -0.1) is 10.2 Å². The molecule has 2 fully saturated rings. The van der Waals surface area contributed by atoms with Crippen LogP contribution in [0.2, 0.25) is 0 Å². The number of anilines is 1. The SMILES string of the molecule is Cc1ccc(OCC(=O)N2CCN(c3nnc(SCC(=O)NC4CCCC4)s3)CC2)cc1. The minimum absolute atomic E-state index is 0.00740. The maximum absolute atomic E-state index is 12.5. The Labute approximate surface area is 196 Å². The highest BCUT2D eigenvalue weighted by Crippen LogP contribution is 2.28. The quantitative estimate of drug-likeness (QED) is 0.588. The first-order valence-electron chi connectivity index (χ1n) is 11.0. The number of benzene rings is 1. The van der Waals surface area contributed by atoms with Crippen LogP contribution in [0.1, 0.15) is 31.2 Å². The van der Waals surface area contributed by atoms with Crippen LogP contribution in [-0.2, 0) is 9.59 Å². The number of piperazine rings is 1. The number of nitrogens with zero attached hydrogens (tertiary/aromatic N) is 4. The van der Waals surface area contributed by atoms with E-state index < -0.39 is 0 Å². The van der Waals surface area contributed by atoms with E-state index >= 15 is 0 Å². The third-order valence-corrected chi connectivity index (χ3v) is 7.85. The molecule has 10 heteroatoms. The Bertz CT molecular complexity index is 907. The van der Waals surface area contributed by atoms with Gasteiger partial charge in [-0.05, 0) is 31.9 Å². The van der Waals surface area contributed by atoms with Gasteiger partial charge in [0, 0.05) is 32.2 Å². The second kappa shape index (κ2) is 11.0. The predicted molar refractivity (Wildman–Crippen MR) is 126 cm³/mol. The van der Waals surface area contributed by atoms with Crippen molar-refractivity contribution in [2.75, 3.05) is 43.4 Å². The summed E-state index contributed by atoms with van der Waals surface area (Å²) in [4.78, 5) is 28.6. The average molecular weight is 476 g/mol. The van der Waals surface area contributed by atoms with Gasteiger partial charge in [-0.2, -0.15) is 0 Å². The minimum atomic E-state index is -0.00740. The van der Waals surface area contributed by atoms with Crippen LogP contribution in [0.3, 0.4) is 0 Å². The largest absolute Gasteiger partial charge is 0.484 e. The van der Waals surface area contributed by atoms with Gasteiger partial charge in [0.2, 0.25) is 11.0 Å². The highest BCUT2D eigenvalue weighted by Gasteiger charge is 2.24. The smallest absolute Gasteiger partial charge is 0.260 e. The van der Waals surface area contributed by atoms with E-state index in [1.165, 1.54) is 35.9 Å². The van der Waals surface area contributed by atoms with Crippen LogP contribution < -0.4 is 15.0 Å². The van der Waals surface area contributed by atoms with E-state index in [9.17, 15) is 9.59 Å². The van der Waals surface area contributed by atoms with Crippen molar-refractivity contribution in [2.45, 2.75) is 43.0 Å². The van der Waals surface area contributed by atoms with Crippen LogP contribution in [0.25, 0.3) is 0 Å². The number of hydrogen-bond donors (Lipinski definition) is 1. The number of amides is 2. The number of hydrogen-bond acceptors (Lipinski definition) is 8. The number of carbonyl (C=O) groups is 2. The van der Waals surface area contributed by atoms with Gasteiger partial charge >= 0.3 is 0 Å². The number of carbonyl (C=O) groups excluding carboxylic acids is 2.